The Morgan fingerprint density at radius 2 is 1.88 bits per heavy atom. The molecule has 0 aliphatic heterocycles. The molecule has 0 fully saturated rings. The van der Waals surface area contributed by atoms with Crippen molar-refractivity contribution in [3.8, 4) is 0 Å². The highest BCUT2D eigenvalue weighted by molar-refractivity contribution is 7.89. The van der Waals surface area contributed by atoms with Crippen LogP contribution in [-0.4, -0.2) is 15.0 Å². The first kappa shape index (κ1) is 13.2. The van der Waals surface area contributed by atoms with Gasteiger partial charge in [0.15, 0.2) is 0 Å². The molecule has 4 heteroatoms. The van der Waals surface area contributed by atoms with Gasteiger partial charge in [-0.15, -0.1) is 0 Å². The largest absolute Gasteiger partial charge is 0.240 e. The molecule has 0 aliphatic rings. The summed E-state index contributed by atoms with van der Waals surface area (Å²) >= 11 is 0. The van der Waals surface area contributed by atoms with Crippen LogP contribution in [0.5, 0.6) is 0 Å². The molecule has 1 rings (SSSR count). The fourth-order valence-corrected chi connectivity index (χ4v) is 3.02. The first-order valence-corrected chi connectivity index (χ1v) is 7.06. The van der Waals surface area contributed by atoms with E-state index in [4.69, 9.17) is 0 Å². The average molecular weight is 241 g/mol. The van der Waals surface area contributed by atoms with Gasteiger partial charge in [0, 0.05) is 6.54 Å². The summed E-state index contributed by atoms with van der Waals surface area (Å²) in [6.45, 7) is 6.41. The Morgan fingerprint density at radius 3 is 2.44 bits per heavy atom. The fraction of sp³-hybridized carbons (Fsp3) is 0.500. The van der Waals surface area contributed by atoms with Gasteiger partial charge in [-0.05, 0) is 24.0 Å². The first-order chi connectivity index (χ1) is 7.49. The van der Waals surface area contributed by atoms with Crippen LogP contribution in [0.1, 0.15) is 38.7 Å². The second-order valence-corrected chi connectivity index (χ2v) is 5.83. The Morgan fingerprint density at radius 1 is 1.25 bits per heavy atom. The Balaban J connectivity index is 3.12. The zero-order valence-electron chi connectivity index (χ0n) is 10.0. The number of rotatable bonds is 5. The molecule has 0 unspecified atom stereocenters. The maximum Gasteiger partial charge on any atom is 0.240 e. The molecule has 1 aromatic rings. The van der Waals surface area contributed by atoms with Gasteiger partial charge >= 0.3 is 0 Å². The zero-order valence-corrected chi connectivity index (χ0v) is 10.8. The summed E-state index contributed by atoms with van der Waals surface area (Å²) in [5, 5.41) is 0. The van der Waals surface area contributed by atoms with Crippen molar-refractivity contribution in [2.75, 3.05) is 6.54 Å². The summed E-state index contributed by atoms with van der Waals surface area (Å²) in [6, 6.07) is 7.15. The lowest BCUT2D eigenvalue weighted by molar-refractivity contribution is 0.578. The van der Waals surface area contributed by atoms with Crippen LogP contribution in [0.4, 0.5) is 0 Å². The normalized spacial score (nSPS) is 12.0. The Bertz CT molecular complexity index is 438. The molecule has 0 saturated carbocycles. The maximum atomic E-state index is 12.0. The van der Waals surface area contributed by atoms with E-state index in [-0.39, 0.29) is 5.92 Å². The minimum absolute atomic E-state index is 0.203. The van der Waals surface area contributed by atoms with E-state index in [0.29, 0.717) is 11.4 Å². The van der Waals surface area contributed by atoms with E-state index in [9.17, 15) is 8.42 Å². The van der Waals surface area contributed by atoms with E-state index in [1.165, 1.54) is 0 Å². The van der Waals surface area contributed by atoms with Gasteiger partial charge in [-0.1, -0.05) is 39.0 Å². The molecule has 1 aromatic carbocycles. The van der Waals surface area contributed by atoms with Gasteiger partial charge in [-0.3, -0.25) is 0 Å². The second kappa shape index (κ2) is 5.46. The minimum Gasteiger partial charge on any atom is -0.211 e. The molecule has 1 N–H and O–H groups in total. The standard InChI is InChI=1S/C12H19NO2S/c1-4-9-13-16(14,15)12-8-6-5-7-11(12)10(2)3/h5-8,10,13H,4,9H2,1-3H3. The summed E-state index contributed by atoms with van der Waals surface area (Å²) < 4.78 is 26.6. The Labute approximate surface area is 97.9 Å². The first-order valence-electron chi connectivity index (χ1n) is 5.57. The number of nitrogens with one attached hydrogen (secondary N) is 1. The third-order valence-electron chi connectivity index (χ3n) is 2.37. The monoisotopic (exact) mass is 241 g/mol. The summed E-state index contributed by atoms with van der Waals surface area (Å²) in [7, 11) is -3.35. The highest BCUT2D eigenvalue weighted by Crippen LogP contribution is 2.22. The van der Waals surface area contributed by atoms with Gasteiger partial charge in [-0.2, -0.15) is 0 Å². The molecular weight excluding hydrogens is 222 g/mol. The Kier molecular flexibility index (Phi) is 4.50. The topological polar surface area (TPSA) is 46.2 Å². The summed E-state index contributed by atoms with van der Waals surface area (Å²) in [6.07, 6.45) is 0.795. The molecule has 0 aliphatic carbocycles. The number of sulfonamides is 1. The number of hydrogen-bond acceptors (Lipinski definition) is 2. The Hall–Kier alpha value is -0.870. The van der Waals surface area contributed by atoms with Gasteiger partial charge < -0.3 is 0 Å². The molecule has 0 aromatic heterocycles. The smallest absolute Gasteiger partial charge is 0.211 e. The van der Waals surface area contributed by atoms with Crippen molar-refractivity contribution >= 4 is 10.0 Å². The molecule has 0 amide bonds. The second-order valence-electron chi connectivity index (χ2n) is 4.09. The van der Waals surface area contributed by atoms with Crippen molar-refractivity contribution in [1.82, 2.24) is 4.72 Å². The number of hydrogen-bond donors (Lipinski definition) is 1. The molecule has 16 heavy (non-hydrogen) atoms. The lowest BCUT2D eigenvalue weighted by Gasteiger charge is -2.13. The predicted molar refractivity (Wildman–Crippen MR) is 66.0 cm³/mol. The van der Waals surface area contributed by atoms with Crippen molar-refractivity contribution in [2.45, 2.75) is 38.0 Å². The lowest BCUT2D eigenvalue weighted by Crippen LogP contribution is -2.25. The molecule has 0 spiro atoms. The SMILES string of the molecule is CCCNS(=O)(=O)c1ccccc1C(C)C. The molecule has 0 radical (unpaired) electrons. The van der Waals surface area contributed by atoms with Crippen molar-refractivity contribution in [2.24, 2.45) is 0 Å². The highest BCUT2D eigenvalue weighted by Gasteiger charge is 2.18. The summed E-state index contributed by atoms with van der Waals surface area (Å²) in [5.74, 6) is 0.203. The van der Waals surface area contributed by atoms with E-state index in [0.717, 1.165) is 12.0 Å². The van der Waals surface area contributed by atoms with E-state index in [1.807, 2.05) is 32.9 Å². The third-order valence-corrected chi connectivity index (χ3v) is 3.91. The maximum absolute atomic E-state index is 12.0. The highest BCUT2D eigenvalue weighted by atomic mass is 32.2. The van der Waals surface area contributed by atoms with E-state index < -0.39 is 10.0 Å². The molecule has 0 bridgehead atoms. The van der Waals surface area contributed by atoms with E-state index >= 15 is 0 Å². The van der Waals surface area contributed by atoms with Crippen LogP contribution in [-0.2, 0) is 10.0 Å². The van der Waals surface area contributed by atoms with E-state index in [1.54, 1.807) is 12.1 Å². The molecule has 3 nitrogen and oxygen atoms in total. The van der Waals surface area contributed by atoms with E-state index in [2.05, 4.69) is 4.72 Å². The van der Waals surface area contributed by atoms with Gasteiger partial charge in [0.05, 0.1) is 4.90 Å². The van der Waals surface area contributed by atoms with Gasteiger partial charge in [0.25, 0.3) is 0 Å². The van der Waals surface area contributed by atoms with Crippen molar-refractivity contribution < 1.29 is 8.42 Å². The van der Waals surface area contributed by atoms with Crippen LogP contribution in [0, 0.1) is 0 Å². The van der Waals surface area contributed by atoms with Crippen LogP contribution in [0.25, 0.3) is 0 Å². The minimum atomic E-state index is -3.35. The summed E-state index contributed by atoms with van der Waals surface area (Å²) in [4.78, 5) is 0.401. The molecule has 0 heterocycles. The van der Waals surface area contributed by atoms with Crippen molar-refractivity contribution in [1.29, 1.82) is 0 Å². The van der Waals surface area contributed by atoms with Crippen molar-refractivity contribution in [3.63, 3.8) is 0 Å². The molecule has 0 saturated heterocycles. The summed E-state index contributed by atoms with van der Waals surface area (Å²) in [5.41, 5.74) is 0.867. The van der Waals surface area contributed by atoms with Crippen LogP contribution in [0.3, 0.4) is 0 Å². The van der Waals surface area contributed by atoms with Crippen LogP contribution in [0.15, 0.2) is 29.2 Å². The third kappa shape index (κ3) is 3.06. The van der Waals surface area contributed by atoms with Gasteiger partial charge in [0.1, 0.15) is 0 Å². The quantitative estimate of drug-likeness (QED) is 0.861. The van der Waals surface area contributed by atoms with Crippen LogP contribution >= 0.6 is 0 Å². The van der Waals surface area contributed by atoms with Crippen LogP contribution < -0.4 is 4.72 Å². The van der Waals surface area contributed by atoms with Crippen molar-refractivity contribution in [3.05, 3.63) is 29.8 Å². The van der Waals surface area contributed by atoms with Crippen LogP contribution in [0.2, 0.25) is 0 Å². The zero-order chi connectivity index (χ0) is 12.2. The average Bonchev–Trinajstić information content (AvgIpc) is 2.26. The molecule has 90 valence electrons. The lowest BCUT2D eigenvalue weighted by atomic mass is 10.0. The molecule has 0 atom stereocenters. The van der Waals surface area contributed by atoms with Gasteiger partial charge in [-0.25, -0.2) is 13.1 Å². The predicted octanol–water partition coefficient (Wildman–Crippen LogP) is 2.50. The fourth-order valence-electron chi connectivity index (χ4n) is 1.52. The number of benzene rings is 1. The molecular formula is C12H19NO2S. The van der Waals surface area contributed by atoms with Gasteiger partial charge in [0.2, 0.25) is 10.0 Å².